The van der Waals surface area contributed by atoms with Crippen molar-refractivity contribution in [2.24, 2.45) is 0 Å². The van der Waals surface area contributed by atoms with Gasteiger partial charge in [-0.2, -0.15) is 5.26 Å². The van der Waals surface area contributed by atoms with E-state index in [4.69, 9.17) is 10.4 Å². The largest absolute Gasteiger partial charge is 0.392 e. The number of hydrogen-bond acceptors (Lipinski definition) is 3. The maximum absolute atomic E-state index is 9.03. The van der Waals surface area contributed by atoms with E-state index in [2.05, 4.69) is 11.4 Å². The van der Waals surface area contributed by atoms with Crippen molar-refractivity contribution in [2.45, 2.75) is 13.0 Å². The van der Waals surface area contributed by atoms with E-state index in [9.17, 15) is 0 Å². The second kappa shape index (κ2) is 4.48. The van der Waals surface area contributed by atoms with Crippen LogP contribution in [0.3, 0.4) is 0 Å². The Balaban J connectivity index is 2.71. The topological polar surface area (TPSA) is 56.0 Å². The molecule has 0 aromatic heterocycles. The van der Waals surface area contributed by atoms with Gasteiger partial charge in [-0.3, -0.25) is 0 Å². The molecule has 1 aromatic carbocycles. The molecule has 0 fully saturated rings. The lowest BCUT2D eigenvalue weighted by atomic mass is 10.2. The summed E-state index contributed by atoms with van der Waals surface area (Å²) < 4.78 is 0. The van der Waals surface area contributed by atoms with E-state index in [0.29, 0.717) is 12.1 Å². The molecule has 0 heterocycles. The molecule has 0 unspecified atom stereocenters. The maximum atomic E-state index is 9.03. The molecule has 0 spiro atoms. The molecule has 3 nitrogen and oxygen atoms in total. The van der Waals surface area contributed by atoms with Crippen molar-refractivity contribution in [1.82, 2.24) is 0 Å². The highest BCUT2D eigenvalue weighted by Gasteiger charge is 2.00. The predicted molar refractivity (Wildman–Crippen MR) is 51.3 cm³/mol. The summed E-state index contributed by atoms with van der Waals surface area (Å²) in [5.74, 6) is 0. The second-order valence-electron chi connectivity index (χ2n) is 2.89. The molecule has 68 valence electrons. The van der Waals surface area contributed by atoms with Crippen molar-refractivity contribution < 1.29 is 5.11 Å². The van der Waals surface area contributed by atoms with E-state index < -0.39 is 6.10 Å². The van der Waals surface area contributed by atoms with E-state index in [0.717, 1.165) is 5.69 Å². The monoisotopic (exact) mass is 176 g/mol. The van der Waals surface area contributed by atoms with Crippen LogP contribution in [0.4, 0.5) is 5.69 Å². The zero-order chi connectivity index (χ0) is 9.68. The number of nitriles is 1. The number of nitrogens with zero attached hydrogens (tertiary/aromatic N) is 1. The molecule has 1 rings (SSSR count). The van der Waals surface area contributed by atoms with Gasteiger partial charge in [-0.1, -0.05) is 12.1 Å². The van der Waals surface area contributed by atoms with Crippen LogP contribution in [-0.4, -0.2) is 17.8 Å². The minimum absolute atomic E-state index is 0.410. The van der Waals surface area contributed by atoms with E-state index in [1.54, 1.807) is 13.0 Å². The number of anilines is 1. The van der Waals surface area contributed by atoms with Crippen LogP contribution < -0.4 is 5.32 Å². The Kier molecular flexibility index (Phi) is 3.30. The highest BCUT2D eigenvalue weighted by atomic mass is 16.3. The van der Waals surface area contributed by atoms with Crippen LogP contribution in [0.25, 0.3) is 0 Å². The minimum Gasteiger partial charge on any atom is -0.392 e. The van der Waals surface area contributed by atoms with Crippen LogP contribution >= 0.6 is 0 Å². The highest BCUT2D eigenvalue weighted by molar-refractivity contribution is 5.57. The van der Waals surface area contributed by atoms with Gasteiger partial charge >= 0.3 is 0 Å². The van der Waals surface area contributed by atoms with Crippen molar-refractivity contribution in [1.29, 1.82) is 5.26 Å². The minimum atomic E-state index is -0.410. The van der Waals surface area contributed by atoms with Crippen LogP contribution in [0.2, 0.25) is 0 Å². The Morgan fingerprint density at radius 2 is 2.23 bits per heavy atom. The molecular weight excluding hydrogens is 164 g/mol. The van der Waals surface area contributed by atoms with E-state index in [-0.39, 0.29) is 0 Å². The molecule has 0 aliphatic rings. The number of rotatable bonds is 3. The fourth-order valence-corrected chi connectivity index (χ4v) is 0.992. The second-order valence-corrected chi connectivity index (χ2v) is 2.89. The SMILES string of the molecule is C[C@H](O)CNc1ccccc1C#N. The molecular formula is C10H12N2O. The van der Waals surface area contributed by atoms with Gasteiger partial charge < -0.3 is 10.4 Å². The van der Waals surface area contributed by atoms with Crippen molar-refractivity contribution in [3.63, 3.8) is 0 Å². The summed E-state index contributed by atoms with van der Waals surface area (Å²) >= 11 is 0. The maximum Gasteiger partial charge on any atom is 0.101 e. The Morgan fingerprint density at radius 3 is 2.85 bits per heavy atom. The van der Waals surface area contributed by atoms with Crippen molar-refractivity contribution >= 4 is 5.69 Å². The lowest BCUT2D eigenvalue weighted by molar-refractivity contribution is 0.208. The zero-order valence-corrected chi connectivity index (χ0v) is 7.49. The molecule has 0 saturated heterocycles. The van der Waals surface area contributed by atoms with Crippen LogP contribution in [0.1, 0.15) is 12.5 Å². The molecule has 0 aliphatic carbocycles. The Bertz CT molecular complexity index is 315. The van der Waals surface area contributed by atoms with Gasteiger partial charge in [-0.25, -0.2) is 0 Å². The van der Waals surface area contributed by atoms with Crippen LogP contribution in [0.5, 0.6) is 0 Å². The lowest BCUT2D eigenvalue weighted by Gasteiger charge is -2.09. The summed E-state index contributed by atoms with van der Waals surface area (Å²) in [5, 5.41) is 20.8. The molecule has 0 saturated carbocycles. The van der Waals surface area contributed by atoms with Gasteiger partial charge in [0.05, 0.1) is 17.4 Å². The van der Waals surface area contributed by atoms with Crippen LogP contribution in [0, 0.1) is 11.3 Å². The van der Waals surface area contributed by atoms with Gasteiger partial charge in [0.25, 0.3) is 0 Å². The first-order valence-electron chi connectivity index (χ1n) is 4.15. The molecule has 1 atom stereocenters. The first kappa shape index (κ1) is 9.56. The predicted octanol–water partition coefficient (Wildman–Crippen LogP) is 1.35. The molecule has 0 amide bonds. The average molecular weight is 176 g/mol. The molecule has 2 N–H and O–H groups in total. The zero-order valence-electron chi connectivity index (χ0n) is 7.49. The van der Waals surface area contributed by atoms with Gasteiger partial charge in [0.15, 0.2) is 0 Å². The normalized spacial score (nSPS) is 11.8. The number of aliphatic hydroxyl groups is 1. The third-order valence-electron chi connectivity index (χ3n) is 1.64. The van der Waals surface area contributed by atoms with Crippen LogP contribution in [-0.2, 0) is 0 Å². The number of nitrogens with one attached hydrogen (secondary N) is 1. The van der Waals surface area contributed by atoms with Gasteiger partial charge in [-0.05, 0) is 19.1 Å². The molecule has 0 radical (unpaired) electrons. The summed E-state index contributed by atoms with van der Waals surface area (Å²) in [6, 6.07) is 9.30. The Morgan fingerprint density at radius 1 is 1.54 bits per heavy atom. The van der Waals surface area contributed by atoms with E-state index >= 15 is 0 Å². The third kappa shape index (κ3) is 2.77. The number of hydrogen-bond donors (Lipinski definition) is 2. The number of para-hydroxylation sites is 1. The number of benzene rings is 1. The highest BCUT2D eigenvalue weighted by Crippen LogP contribution is 2.12. The number of aliphatic hydroxyl groups excluding tert-OH is 1. The molecule has 0 aliphatic heterocycles. The lowest BCUT2D eigenvalue weighted by Crippen LogP contribution is -2.15. The van der Waals surface area contributed by atoms with E-state index in [1.807, 2.05) is 18.2 Å². The molecule has 13 heavy (non-hydrogen) atoms. The van der Waals surface area contributed by atoms with Crippen molar-refractivity contribution in [3.05, 3.63) is 29.8 Å². The first-order chi connectivity index (χ1) is 6.24. The van der Waals surface area contributed by atoms with E-state index in [1.165, 1.54) is 0 Å². The smallest absolute Gasteiger partial charge is 0.101 e. The quantitative estimate of drug-likeness (QED) is 0.731. The molecule has 1 aromatic rings. The standard InChI is InChI=1S/C10H12N2O/c1-8(13)7-12-10-5-3-2-4-9(10)6-11/h2-5,8,12-13H,7H2,1H3/t8-/m0/s1. The van der Waals surface area contributed by atoms with Crippen LogP contribution in [0.15, 0.2) is 24.3 Å². The summed E-state index contributed by atoms with van der Waals surface area (Å²) in [6.07, 6.45) is -0.410. The van der Waals surface area contributed by atoms with Gasteiger partial charge in [0.1, 0.15) is 6.07 Å². The third-order valence-corrected chi connectivity index (χ3v) is 1.64. The summed E-state index contributed by atoms with van der Waals surface area (Å²) in [6.45, 7) is 2.15. The molecule has 3 heteroatoms. The van der Waals surface area contributed by atoms with Crippen molar-refractivity contribution in [2.75, 3.05) is 11.9 Å². The van der Waals surface area contributed by atoms with Gasteiger partial charge in [-0.15, -0.1) is 0 Å². The summed E-state index contributed by atoms with van der Waals surface area (Å²) in [7, 11) is 0. The summed E-state index contributed by atoms with van der Waals surface area (Å²) in [4.78, 5) is 0. The molecule has 0 bridgehead atoms. The average Bonchev–Trinajstić information content (AvgIpc) is 2.15. The summed E-state index contributed by atoms with van der Waals surface area (Å²) in [5.41, 5.74) is 1.37. The Hall–Kier alpha value is -1.53. The first-order valence-corrected chi connectivity index (χ1v) is 4.15. The van der Waals surface area contributed by atoms with Gasteiger partial charge in [0.2, 0.25) is 0 Å². The Labute approximate surface area is 77.6 Å². The fraction of sp³-hybridized carbons (Fsp3) is 0.300. The van der Waals surface area contributed by atoms with Gasteiger partial charge in [0, 0.05) is 6.54 Å². The van der Waals surface area contributed by atoms with Crippen molar-refractivity contribution in [3.8, 4) is 6.07 Å². The fourth-order valence-electron chi connectivity index (χ4n) is 0.992.